The number of thiazole rings is 1. The molecule has 1 heterocycles. The molecule has 0 aliphatic heterocycles. The van der Waals surface area contributed by atoms with E-state index in [0.29, 0.717) is 18.1 Å². The van der Waals surface area contributed by atoms with Crippen LogP contribution in [0.2, 0.25) is 0 Å². The van der Waals surface area contributed by atoms with Crippen LogP contribution >= 0.6 is 11.3 Å². The third-order valence-electron chi connectivity index (χ3n) is 3.93. The average molecular weight is 369 g/mol. The Kier molecular flexibility index (Phi) is 11.1. The largest absolute Gasteiger partial charge is 0.332 e. The van der Waals surface area contributed by atoms with Crippen molar-refractivity contribution in [3.63, 3.8) is 0 Å². The van der Waals surface area contributed by atoms with Gasteiger partial charge in [-0.05, 0) is 20.5 Å². The topological polar surface area (TPSA) is 65.5 Å². The zero-order valence-electron chi connectivity index (χ0n) is 15.8. The number of unbranched alkanes of at least 4 members (excludes halogenated alkanes) is 5. The smallest absolute Gasteiger partial charge is 0.245 e. The van der Waals surface area contributed by atoms with E-state index in [1.807, 2.05) is 24.4 Å². The number of nitrogens with zero attached hydrogens (tertiary/aromatic N) is 3. The summed E-state index contributed by atoms with van der Waals surface area (Å²) in [7, 11) is 3.93. The standard InChI is InChI=1S/C18H32N4O2S/c1-4-5-6-7-8-9-10-17(24)22(13-12-21(2)3)15-16(23)20-18-19-11-14-25-18/h11,14H,4-10,12-13,15H2,1-3H3,(H,19,20,23). The Bertz CT molecular complexity index is 491. The molecular weight excluding hydrogens is 336 g/mol. The molecule has 0 saturated heterocycles. The van der Waals surface area contributed by atoms with Gasteiger partial charge in [-0.1, -0.05) is 39.0 Å². The fraction of sp³-hybridized carbons (Fsp3) is 0.722. The summed E-state index contributed by atoms with van der Waals surface area (Å²) >= 11 is 1.37. The number of hydrogen-bond acceptors (Lipinski definition) is 5. The molecule has 0 aliphatic rings. The summed E-state index contributed by atoms with van der Waals surface area (Å²) < 4.78 is 0. The van der Waals surface area contributed by atoms with Crippen LogP contribution in [0.15, 0.2) is 11.6 Å². The summed E-state index contributed by atoms with van der Waals surface area (Å²) in [6.07, 6.45) is 9.06. The van der Waals surface area contributed by atoms with Gasteiger partial charge in [0.1, 0.15) is 0 Å². The van der Waals surface area contributed by atoms with Crippen molar-refractivity contribution in [1.29, 1.82) is 0 Å². The van der Waals surface area contributed by atoms with Crippen molar-refractivity contribution in [3.8, 4) is 0 Å². The highest BCUT2D eigenvalue weighted by Gasteiger charge is 2.17. The quantitative estimate of drug-likeness (QED) is 0.543. The number of nitrogens with one attached hydrogen (secondary N) is 1. The molecule has 1 aromatic rings. The molecule has 7 heteroatoms. The van der Waals surface area contributed by atoms with Crippen LogP contribution in [-0.4, -0.2) is 60.3 Å². The highest BCUT2D eigenvalue weighted by atomic mass is 32.1. The van der Waals surface area contributed by atoms with Crippen LogP contribution in [0.3, 0.4) is 0 Å². The van der Waals surface area contributed by atoms with Crippen LogP contribution in [0.4, 0.5) is 5.13 Å². The maximum absolute atomic E-state index is 12.5. The van der Waals surface area contributed by atoms with Gasteiger partial charge in [0.15, 0.2) is 5.13 Å². The Labute approximate surface area is 155 Å². The predicted molar refractivity (Wildman–Crippen MR) is 104 cm³/mol. The first kappa shape index (κ1) is 21.6. The van der Waals surface area contributed by atoms with Gasteiger partial charge in [-0.3, -0.25) is 9.59 Å². The van der Waals surface area contributed by atoms with Gasteiger partial charge in [0.25, 0.3) is 0 Å². The average Bonchev–Trinajstić information content (AvgIpc) is 3.07. The van der Waals surface area contributed by atoms with E-state index in [0.717, 1.165) is 19.4 Å². The molecule has 2 amide bonds. The highest BCUT2D eigenvalue weighted by molar-refractivity contribution is 7.13. The second kappa shape index (κ2) is 12.8. The summed E-state index contributed by atoms with van der Waals surface area (Å²) in [5, 5.41) is 5.13. The number of anilines is 1. The van der Waals surface area contributed by atoms with Crippen LogP contribution in [0, 0.1) is 0 Å². The van der Waals surface area contributed by atoms with E-state index in [2.05, 4.69) is 17.2 Å². The first-order valence-electron chi connectivity index (χ1n) is 9.14. The molecule has 0 radical (unpaired) electrons. The zero-order valence-corrected chi connectivity index (χ0v) is 16.6. The zero-order chi connectivity index (χ0) is 18.5. The summed E-state index contributed by atoms with van der Waals surface area (Å²) in [6, 6.07) is 0. The lowest BCUT2D eigenvalue weighted by Gasteiger charge is -2.24. The lowest BCUT2D eigenvalue weighted by Crippen LogP contribution is -2.41. The lowest BCUT2D eigenvalue weighted by atomic mass is 10.1. The first-order valence-corrected chi connectivity index (χ1v) is 10.0. The number of amides is 2. The van der Waals surface area contributed by atoms with Crippen molar-refractivity contribution in [2.45, 2.75) is 51.9 Å². The van der Waals surface area contributed by atoms with E-state index >= 15 is 0 Å². The highest BCUT2D eigenvalue weighted by Crippen LogP contribution is 2.11. The Balaban J connectivity index is 2.41. The van der Waals surface area contributed by atoms with E-state index < -0.39 is 0 Å². The van der Waals surface area contributed by atoms with Gasteiger partial charge in [-0.15, -0.1) is 11.3 Å². The summed E-state index contributed by atoms with van der Waals surface area (Å²) in [5.41, 5.74) is 0. The van der Waals surface area contributed by atoms with Crippen molar-refractivity contribution >= 4 is 28.3 Å². The number of carbonyl (C=O) groups is 2. The van der Waals surface area contributed by atoms with Crippen molar-refractivity contribution in [2.75, 3.05) is 39.0 Å². The predicted octanol–water partition coefficient (Wildman–Crippen LogP) is 3.22. The Morgan fingerprint density at radius 2 is 1.84 bits per heavy atom. The molecule has 0 aromatic carbocycles. The van der Waals surface area contributed by atoms with Crippen molar-refractivity contribution in [2.24, 2.45) is 0 Å². The van der Waals surface area contributed by atoms with Crippen LogP contribution in [-0.2, 0) is 9.59 Å². The van der Waals surface area contributed by atoms with Gasteiger partial charge in [-0.2, -0.15) is 0 Å². The number of hydrogen-bond donors (Lipinski definition) is 1. The first-order chi connectivity index (χ1) is 12.0. The monoisotopic (exact) mass is 368 g/mol. The molecule has 0 aliphatic carbocycles. The summed E-state index contributed by atoms with van der Waals surface area (Å²) in [5.74, 6) is -0.128. The third-order valence-corrected chi connectivity index (χ3v) is 4.62. The van der Waals surface area contributed by atoms with E-state index in [4.69, 9.17) is 0 Å². The maximum Gasteiger partial charge on any atom is 0.245 e. The van der Waals surface area contributed by atoms with Crippen LogP contribution in [0.25, 0.3) is 0 Å². The van der Waals surface area contributed by atoms with Crippen LogP contribution in [0.1, 0.15) is 51.9 Å². The van der Waals surface area contributed by atoms with Crippen molar-refractivity contribution < 1.29 is 9.59 Å². The minimum atomic E-state index is -0.190. The molecule has 1 rings (SSSR count). The van der Waals surface area contributed by atoms with Crippen molar-refractivity contribution in [1.82, 2.24) is 14.8 Å². The number of rotatable bonds is 13. The number of aromatic nitrogens is 1. The van der Waals surface area contributed by atoms with Crippen LogP contribution in [0.5, 0.6) is 0 Å². The second-order valence-electron chi connectivity index (χ2n) is 6.52. The molecule has 1 aromatic heterocycles. The molecule has 0 fully saturated rings. The molecule has 0 unspecified atom stereocenters. The van der Waals surface area contributed by atoms with Gasteiger partial charge in [0.05, 0.1) is 6.54 Å². The molecule has 1 N–H and O–H groups in total. The maximum atomic E-state index is 12.5. The molecule has 25 heavy (non-hydrogen) atoms. The molecule has 0 spiro atoms. The van der Waals surface area contributed by atoms with E-state index in [9.17, 15) is 9.59 Å². The molecule has 142 valence electrons. The van der Waals surface area contributed by atoms with Gasteiger partial charge < -0.3 is 15.1 Å². The molecule has 6 nitrogen and oxygen atoms in total. The summed E-state index contributed by atoms with van der Waals surface area (Å²) in [6.45, 7) is 3.59. The fourth-order valence-electron chi connectivity index (χ4n) is 2.44. The Hall–Kier alpha value is -1.47. The Morgan fingerprint density at radius 1 is 1.12 bits per heavy atom. The Morgan fingerprint density at radius 3 is 2.48 bits per heavy atom. The minimum Gasteiger partial charge on any atom is -0.332 e. The number of likely N-dealkylation sites (N-methyl/N-ethyl adjacent to an activating group) is 1. The molecule has 0 bridgehead atoms. The minimum absolute atomic E-state index is 0.0617. The normalized spacial score (nSPS) is 10.9. The second-order valence-corrected chi connectivity index (χ2v) is 7.42. The fourth-order valence-corrected chi connectivity index (χ4v) is 2.99. The van der Waals surface area contributed by atoms with E-state index in [1.165, 1.54) is 37.0 Å². The lowest BCUT2D eigenvalue weighted by molar-refractivity contribution is -0.135. The SMILES string of the molecule is CCCCCCCCC(=O)N(CCN(C)C)CC(=O)Nc1nccs1. The van der Waals surface area contributed by atoms with E-state index in [1.54, 1.807) is 11.1 Å². The van der Waals surface area contributed by atoms with Gasteiger partial charge in [0, 0.05) is 31.1 Å². The van der Waals surface area contributed by atoms with Crippen molar-refractivity contribution in [3.05, 3.63) is 11.6 Å². The number of carbonyl (C=O) groups excluding carboxylic acids is 2. The molecule has 0 saturated carbocycles. The summed E-state index contributed by atoms with van der Waals surface area (Å²) in [4.78, 5) is 32.4. The van der Waals surface area contributed by atoms with Gasteiger partial charge >= 0.3 is 0 Å². The van der Waals surface area contributed by atoms with Crippen LogP contribution < -0.4 is 5.32 Å². The molecule has 0 atom stereocenters. The molecular formula is C18H32N4O2S. The van der Waals surface area contributed by atoms with Gasteiger partial charge in [-0.25, -0.2) is 4.98 Å². The van der Waals surface area contributed by atoms with Gasteiger partial charge in [0.2, 0.25) is 11.8 Å². The third kappa shape index (κ3) is 10.2. The van der Waals surface area contributed by atoms with E-state index in [-0.39, 0.29) is 18.4 Å².